The number of nitrogens with zero attached hydrogens (tertiary/aromatic N) is 1. The van der Waals surface area contributed by atoms with E-state index in [1.807, 2.05) is 0 Å². The van der Waals surface area contributed by atoms with Gasteiger partial charge in [-0.2, -0.15) is 13.2 Å². The Morgan fingerprint density at radius 2 is 1.75 bits per heavy atom. The largest absolute Gasteiger partial charge is 0.405 e. The molecule has 0 bridgehead atoms. The number of alkyl halides is 3. The minimum Gasteiger partial charge on any atom is -0.375 e. The van der Waals surface area contributed by atoms with Crippen LogP contribution in [-0.4, -0.2) is 31.1 Å². The summed E-state index contributed by atoms with van der Waals surface area (Å²) in [6.07, 6.45) is -4.36. The second kappa shape index (κ2) is 8.10. The van der Waals surface area contributed by atoms with Gasteiger partial charge >= 0.3 is 6.18 Å². The predicted octanol–water partition coefficient (Wildman–Crippen LogP) is 4.31. The molecule has 0 spiro atoms. The number of carbonyl (C=O) groups is 2. The Kier molecular flexibility index (Phi) is 5.79. The standard InChI is InChI=1S/C19H17ClF3N3O2/c20-13-5-7-14(8-6-13)26-10-12(9-17(26)27)18(28)25-16-4-2-1-3-15(16)24-11-19(21,22)23/h1-8,12,24H,9-11H2,(H,25,28). The molecule has 3 rings (SSSR count). The molecule has 0 aliphatic carbocycles. The first-order valence-corrected chi connectivity index (χ1v) is 8.87. The summed E-state index contributed by atoms with van der Waals surface area (Å²) in [7, 11) is 0. The summed E-state index contributed by atoms with van der Waals surface area (Å²) >= 11 is 5.85. The molecular formula is C19H17ClF3N3O2. The molecule has 2 aromatic rings. The van der Waals surface area contributed by atoms with Gasteiger partial charge < -0.3 is 15.5 Å². The molecule has 1 saturated heterocycles. The molecule has 1 atom stereocenters. The highest BCUT2D eigenvalue weighted by Crippen LogP contribution is 2.29. The van der Waals surface area contributed by atoms with Crippen LogP contribution in [0.25, 0.3) is 0 Å². The number of carbonyl (C=O) groups excluding carboxylic acids is 2. The summed E-state index contributed by atoms with van der Waals surface area (Å²) in [6.45, 7) is -1.03. The Balaban J connectivity index is 1.67. The summed E-state index contributed by atoms with van der Waals surface area (Å²) in [5.74, 6) is -1.24. The zero-order chi connectivity index (χ0) is 20.3. The molecular weight excluding hydrogens is 395 g/mol. The topological polar surface area (TPSA) is 61.4 Å². The molecule has 148 valence electrons. The van der Waals surface area contributed by atoms with E-state index in [1.54, 1.807) is 36.4 Å². The van der Waals surface area contributed by atoms with E-state index < -0.39 is 24.5 Å². The number of amides is 2. The first-order chi connectivity index (χ1) is 13.2. The third-order valence-electron chi connectivity index (χ3n) is 4.30. The van der Waals surface area contributed by atoms with E-state index in [4.69, 9.17) is 11.6 Å². The van der Waals surface area contributed by atoms with Crippen molar-refractivity contribution in [1.82, 2.24) is 0 Å². The van der Waals surface area contributed by atoms with Crippen molar-refractivity contribution in [1.29, 1.82) is 0 Å². The summed E-state index contributed by atoms with van der Waals surface area (Å²) in [4.78, 5) is 26.4. The van der Waals surface area contributed by atoms with Gasteiger partial charge in [-0.15, -0.1) is 0 Å². The highest BCUT2D eigenvalue weighted by molar-refractivity contribution is 6.30. The smallest absolute Gasteiger partial charge is 0.375 e. The third kappa shape index (κ3) is 4.95. The van der Waals surface area contributed by atoms with Gasteiger partial charge in [-0.05, 0) is 36.4 Å². The molecule has 0 aromatic heterocycles. The quantitative estimate of drug-likeness (QED) is 0.771. The zero-order valence-electron chi connectivity index (χ0n) is 14.6. The molecule has 1 unspecified atom stereocenters. The van der Waals surface area contributed by atoms with Crippen LogP contribution in [0, 0.1) is 5.92 Å². The number of anilines is 3. The van der Waals surface area contributed by atoms with Gasteiger partial charge in [0.25, 0.3) is 0 Å². The monoisotopic (exact) mass is 411 g/mol. The molecule has 2 aromatic carbocycles. The van der Waals surface area contributed by atoms with Crippen molar-refractivity contribution in [2.24, 2.45) is 5.92 Å². The molecule has 28 heavy (non-hydrogen) atoms. The molecule has 1 aliphatic heterocycles. The van der Waals surface area contributed by atoms with Crippen LogP contribution in [-0.2, 0) is 9.59 Å². The molecule has 5 nitrogen and oxygen atoms in total. The maximum Gasteiger partial charge on any atom is 0.405 e. The normalized spacial score (nSPS) is 16.9. The Morgan fingerprint density at radius 3 is 2.39 bits per heavy atom. The Hall–Kier alpha value is -2.74. The van der Waals surface area contributed by atoms with E-state index in [1.165, 1.54) is 17.0 Å². The van der Waals surface area contributed by atoms with Crippen LogP contribution in [0.5, 0.6) is 0 Å². The average molecular weight is 412 g/mol. The lowest BCUT2D eigenvalue weighted by Gasteiger charge is -2.18. The van der Waals surface area contributed by atoms with Crippen LogP contribution in [0.15, 0.2) is 48.5 Å². The highest BCUT2D eigenvalue weighted by Gasteiger charge is 2.35. The third-order valence-corrected chi connectivity index (χ3v) is 4.55. The number of hydrogen-bond acceptors (Lipinski definition) is 3. The van der Waals surface area contributed by atoms with Crippen molar-refractivity contribution in [2.75, 3.05) is 28.6 Å². The van der Waals surface area contributed by atoms with Crippen molar-refractivity contribution < 1.29 is 22.8 Å². The van der Waals surface area contributed by atoms with Crippen LogP contribution in [0.4, 0.5) is 30.2 Å². The van der Waals surface area contributed by atoms with Crippen molar-refractivity contribution in [3.05, 3.63) is 53.6 Å². The van der Waals surface area contributed by atoms with Crippen LogP contribution in [0.3, 0.4) is 0 Å². The van der Waals surface area contributed by atoms with Gasteiger partial charge in [0.1, 0.15) is 6.54 Å². The van der Waals surface area contributed by atoms with E-state index in [9.17, 15) is 22.8 Å². The molecule has 9 heteroatoms. The molecule has 1 aliphatic rings. The molecule has 2 N–H and O–H groups in total. The summed E-state index contributed by atoms with van der Waals surface area (Å²) < 4.78 is 37.4. The van der Waals surface area contributed by atoms with Crippen LogP contribution >= 0.6 is 11.6 Å². The Morgan fingerprint density at radius 1 is 1.11 bits per heavy atom. The summed E-state index contributed by atoms with van der Waals surface area (Å²) in [6, 6.07) is 12.8. The van der Waals surface area contributed by atoms with Crippen molar-refractivity contribution in [2.45, 2.75) is 12.6 Å². The van der Waals surface area contributed by atoms with Gasteiger partial charge in [-0.3, -0.25) is 9.59 Å². The summed E-state index contributed by atoms with van der Waals surface area (Å²) in [5.41, 5.74) is 1.03. The zero-order valence-corrected chi connectivity index (χ0v) is 15.3. The second-order valence-corrected chi connectivity index (χ2v) is 6.82. The van der Waals surface area contributed by atoms with Crippen LogP contribution in [0.1, 0.15) is 6.42 Å². The lowest BCUT2D eigenvalue weighted by molar-refractivity contribution is -0.122. The summed E-state index contributed by atoms with van der Waals surface area (Å²) in [5, 5.41) is 5.42. The van der Waals surface area contributed by atoms with Gasteiger partial charge in [0.05, 0.1) is 17.3 Å². The number of hydrogen-bond donors (Lipinski definition) is 2. The first kappa shape index (κ1) is 20.0. The van der Waals surface area contributed by atoms with E-state index in [-0.39, 0.29) is 30.2 Å². The number of halogens is 4. The van der Waals surface area contributed by atoms with Crippen molar-refractivity contribution >= 4 is 40.5 Å². The fraction of sp³-hybridized carbons (Fsp3) is 0.263. The van der Waals surface area contributed by atoms with E-state index in [0.29, 0.717) is 10.7 Å². The van der Waals surface area contributed by atoms with Gasteiger partial charge in [-0.25, -0.2) is 0 Å². The van der Waals surface area contributed by atoms with Crippen LogP contribution in [0.2, 0.25) is 5.02 Å². The first-order valence-electron chi connectivity index (χ1n) is 8.49. The van der Waals surface area contributed by atoms with E-state index in [0.717, 1.165) is 0 Å². The maximum atomic E-state index is 12.6. The Labute approximate surface area is 164 Å². The maximum absolute atomic E-state index is 12.6. The van der Waals surface area contributed by atoms with Gasteiger partial charge in [0.15, 0.2) is 0 Å². The molecule has 1 heterocycles. The number of benzene rings is 2. The highest BCUT2D eigenvalue weighted by atomic mass is 35.5. The molecule has 1 fully saturated rings. The van der Waals surface area contributed by atoms with Gasteiger partial charge in [-0.1, -0.05) is 23.7 Å². The number of rotatable bonds is 5. The lowest BCUT2D eigenvalue weighted by atomic mass is 10.1. The minimum absolute atomic E-state index is 0.0204. The van der Waals surface area contributed by atoms with Gasteiger partial charge in [0, 0.05) is 23.7 Å². The van der Waals surface area contributed by atoms with Gasteiger partial charge in [0.2, 0.25) is 11.8 Å². The predicted molar refractivity (Wildman–Crippen MR) is 102 cm³/mol. The number of nitrogens with one attached hydrogen (secondary N) is 2. The lowest BCUT2D eigenvalue weighted by Crippen LogP contribution is -2.28. The molecule has 0 saturated carbocycles. The molecule has 2 amide bonds. The fourth-order valence-electron chi connectivity index (χ4n) is 2.93. The Bertz CT molecular complexity index is 871. The van der Waals surface area contributed by atoms with E-state index >= 15 is 0 Å². The van der Waals surface area contributed by atoms with Crippen molar-refractivity contribution in [3.8, 4) is 0 Å². The second-order valence-electron chi connectivity index (χ2n) is 6.39. The van der Waals surface area contributed by atoms with Crippen molar-refractivity contribution in [3.63, 3.8) is 0 Å². The molecule has 0 radical (unpaired) electrons. The fourth-order valence-corrected chi connectivity index (χ4v) is 3.06. The van der Waals surface area contributed by atoms with E-state index in [2.05, 4.69) is 10.6 Å². The average Bonchev–Trinajstić information content (AvgIpc) is 3.03. The SMILES string of the molecule is O=C(Nc1ccccc1NCC(F)(F)F)C1CC(=O)N(c2ccc(Cl)cc2)C1. The van der Waals surface area contributed by atoms with Crippen LogP contribution < -0.4 is 15.5 Å². The minimum atomic E-state index is -4.38. The number of para-hydroxylation sites is 2.